The molecule has 0 aromatic heterocycles. The summed E-state index contributed by atoms with van der Waals surface area (Å²) < 4.78 is 17.4. The van der Waals surface area contributed by atoms with Gasteiger partial charge in [0.05, 0.1) is 18.3 Å². The SMILES string of the molecule is C/C1=C/CCC2(C)OC2CC2C(C/C(C)=C\CC1)OC(=O)C21CO1. The van der Waals surface area contributed by atoms with Crippen LogP contribution in [0.25, 0.3) is 0 Å². The van der Waals surface area contributed by atoms with Crippen LogP contribution in [0, 0.1) is 5.92 Å². The van der Waals surface area contributed by atoms with Crippen molar-refractivity contribution in [3.63, 3.8) is 0 Å². The highest BCUT2D eigenvalue weighted by Crippen LogP contribution is 2.53. The van der Waals surface area contributed by atoms with Gasteiger partial charge in [-0.15, -0.1) is 0 Å². The maximum absolute atomic E-state index is 12.3. The molecule has 0 bridgehead atoms. The lowest BCUT2D eigenvalue weighted by atomic mass is 9.81. The van der Waals surface area contributed by atoms with Gasteiger partial charge in [0.2, 0.25) is 0 Å². The summed E-state index contributed by atoms with van der Waals surface area (Å²) in [7, 11) is 0. The Hall–Kier alpha value is -1.13. The number of rotatable bonds is 0. The van der Waals surface area contributed by atoms with Crippen LogP contribution in [0.1, 0.15) is 59.3 Å². The van der Waals surface area contributed by atoms with Gasteiger partial charge in [-0.3, -0.25) is 0 Å². The standard InChI is InChI=1S/C20H28O4/c1-13-6-4-7-14(2)10-16-15(20(12-22-20)18(21)23-16)11-17-19(3,24-17)9-5-8-13/h7-8,15-17H,4-6,9-12H2,1-3H3/b13-8-,14-7-. The van der Waals surface area contributed by atoms with Gasteiger partial charge < -0.3 is 14.2 Å². The predicted octanol–water partition coefficient (Wildman–Crippen LogP) is 3.70. The average molecular weight is 332 g/mol. The second-order valence-electron chi connectivity index (χ2n) is 8.27. The van der Waals surface area contributed by atoms with Crippen LogP contribution >= 0.6 is 0 Å². The first-order valence-corrected chi connectivity index (χ1v) is 9.27. The van der Waals surface area contributed by atoms with Gasteiger partial charge in [-0.1, -0.05) is 23.3 Å². The molecule has 1 aliphatic carbocycles. The fourth-order valence-electron chi connectivity index (χ4n) is 4.40. The topological polar surface area (TPSA) is 51.4 Å². The van der Waals surface area contributed by atoms with E-state index < -0.39 is 5.60 Å². The molecule has 1 spiro atoms. The highest BCUT2D eigenvalue weighted by molar-refractivity contribution is 5.85. The number of esters is 1. The molecular formula is C20H28O4. The van der Waals surface area contributed by atoms with Crippen LogP contribution in [0.4, 0.5) is 0 Å². The number of fused-ring (bicyclic) bond motifs is 3. The molecule has 0 aromatic rings. The summed E-state index contributed by atoms with van der Waals surface area (Å²) in [5.74, 6) is -0.0325. The zero-order chi connectivity index (χ0) is 16.9. The lowest BCUT2D eigenvalue weighted by molar-refractivity contribution is -0.145. The lowest BCUT2D eigenvalue weighted by Gasteiger charge is -2.19. The van der Waals surface area contributed by atoms with E-state index in [9.17, 15) is 4.79 Å². The second-order valence-corrected chi connectivity index (χ2v) is 8.27. The molecule has 24 heavy (non-hydrogen) atoms. The molecule has 132 valence electrons. The van der Waals surface area contributed by atoms with Crippen LogP contribution in [0.5, 0.6) is 0 Å². The summed E-state index contributed by atoms with van der Waals surface area (Å²) in [4.78, 5) is 12.3. The van der Waals surface area contributed by atoms with Gasteiger partial charge in [-0.25, -0.2) is 4.79 Å². The summed E-state index contributed by atoms with van der Waals surface area (Å²) in [5.41, 5.74) is 2.05. The van der Waals surface area contributed by atoms with Crippen molar-refractivity contribution in [3.05, 3.63) is 23.3 Å². The van der Waals surface area contributed by atoms with Crippen LogP contribution in [0.15, 0.2) is 23.3 Å². The molecule has 4 aliphatic rings. The summed E-state index contributed by atoms with van der Waals surface area (Å²) >= 11 is 0. The Morgan fingerprint density at radius 1 is 1.17 bits per heavy atom. The fraction of sp³-hybridized carbons (Fsp3) is 0.750. The molecule has 3 heterocycles. The van der Waals surface area contributed by atoms with E-state index in [2.05, 4.69) is 32.9 Å². The molecule has 0 radical (unpaired) electrons. The van der Waals surface area contributed by atoms with Crippen LogP contribution in [-0.4, -0.2) is 36.0 Å². The van der Waals surface area contributed by atoms with Gasteiger partial charge in [-0.2, -0.15) is 0 Å². The Balaban J connectivity index is 1.56. The summed E-state index contributed by atoms with van der Waals surface area (Å²) in [6.45, 7) is 7.07. The fourth-order valence-corrected chi connectivity index (χ4v) is 4.40. The number of ether oxygens (including phenoxy) is 3. The van der Waals surface area contributed by atoms with Gasteiger partial charge in [0.1, 0.15) is 6.10 Å². The number of hydrogen-bond acceptors (Lipinski definition) is 4. The first-order chi connectivity index (χ1) is 11.4. The average Bonchev–Trinajstić information content (AvgIpc) is 3.39. The number of carbonyl (C=O) groups excluding carboxylic acids is 1. The monoisotopic (exact) mass is 332 g/mol. The van der Waals surface area contributed by atoms with Crippen molar-refractivity contribution in [2.45, 2.75) is 82.7 Å². The van der Waals surface area contributed by atoms with Crippen LogP contribution < -0.4 is 0 Å². The maximum Gasteiger partial charge on any atom is 0.341 e. The Bertz CT molecular complexity index is 601. The molecule has 4 rings (SSSR count). The summed E-state index contributed by atoms with van der Waals surface area (Å²) in [6.07, 6.45) is 10.7. The van der Waals surface area contributed by atoms with Crippen molar-refractivity contribution in [1.29, 1.82) is 0 Å². The largest absolute Gasteiger partial charge is 0.459 e. The lowest BCUT2D eigenvalue weighted by Crippen LogP contribution is -2.31. The van der Waals surface area contributed by atoms with Crippen molar-refractivity contribution >= 4 is 5.97 Å². The van der Waals surface area contributed by atoms with Crippen molar-refractivity contribution in [1.82, 2.24) is 0 Å². The predicted molar refractivity (Wildman–Crippen MR) is 90.5 cm³/mol. The molecule has 0 saturated carbocycles. The van der Waals surface area contributed by atoms with Crippen molar-refractivity contribution in [2.75, 3.05) is 6.61 Å². The molecule has 3 aliphatic heterocycles. The van der Waals surface area contributed by atoms with E-state index in [0.29, 0.717) is 6.61 Å². The summed E-state index contributed by atoms with van der Waals surface area (Å²) in [6, 6.07) is 0. The molecular weight excluding hydrogens is 304 g/mol. The van der Waals surface area contributed by atoms with Gasteiger partial charge in [0.25, 0.3) is 0 Å². The second kappa shape index (κ2) is 5.70. The minimum Gasteiger partial charge on any atom is -0.459 e. The third-order valence-electron chi connectivity index (χ3n) is 6.30. The molecule has 0 amide bonds. The zero-order valence-electron chi connectivity index (χ0n) is 15.0. The smallest absolute Gasteiger partial charge is 0.341 e. The third kappa shape index (κ3) is 2.84. The zero-order valence-corrected chi connectivity index (χ0v) is 15.0. The number of allylic oxidation sites excluding steroid dienone is 3. The normalized spacial score (nSPS) is 49.8. The third-order valence-corrected chi connectivity index (χ3v) is 6.30. The van der Waals surface area contributed by atoms with Gasteiger partial charge in [0, 0.05) is 12.3 Å². The van der Waals surface area contributed by atoms with Crippen molar-refractivity contribution in [2.24, 2.45) is 5.92 Å². The van der Waals surface area contributed by atoms with Gasteiger partial charge in [-0.05, 0) is 52.9 Å². The Morgan fingerprint density at radius 2 is 1.92 bits per heavy atom. The number of carbonyl (C=O) groups is 1. The van der Waals surface area contributed by atoms with Crippen LogP contribution in [0.2, 0.25) is 0 Å². The van der Waals surface area contributed by atoms with E-state index in [1.165, 1.54) is 11.1 Å². The van der Waals surface area contributed by atoms with E-state index in [1.807, 2.05) is 0 Å². The Kier molecular flexibility index (Phi) is 3.88. The Morgan fingerprint density at radius 3 is 2.67 bits per heavy atom. The first-order valence-electron chi connectivity index (χ1n) is 9.27. The van der Waals surface area contributed by atoms with E-state index in [1.54, 1.807) is 0 Å². The molecule has 0 N–H and O–H groups in total. The molecule has 4 nitrogen and oxygen atoms in total. The number of hydrogen-bond donors (Lipinski definition) is 0. The summed E-state index contributed by atoms with van der Waals surface area (Å²) in [5, 5.41) is 0. The van der Waals surface area contributed by atoms with Gasteiger partial charge >= 0.3 is 5.97 Å². The van der Waals surface area contributed by atoms with Crippen molar-refractivity contribution < 1.29 is 19.0 Å². The molecule has 5 unspecified atom stereocenters. The quantitative estimate of drug-likeness (QED) is 0.385. The molecule has 5 atom stereocenters. The van der Waals surface area contributed by atoms with E-state index >= 15 is 0 Å². The van der Waals surface area contributed by atoms with E-state index in [-0.39, 0.29) is 29.7 Å². The van der Waals surface area contributed by atoms with Crippen LogP contribution in [-0.2, 0) is 19.0 Å². The van der Waals surface area contributed by atoms with Crippen LogP contribution in [0.3, 0.4) is 0 Å². The highest BCUT2D eigenvalue weighted by atomic mass is 16.7. The minimum atomic E-state index is -0.661. The van der Waals surface area contributed by atoms with E-state index in [4.69, 9.17) is 14.2 Å². The molecule has 3 saturated heterocycles. The maximum atomic E-state index is 12.3. The first kappa shape index (κ1) is 16.3. The molecule has 0 aromatic carbocycles. The number of epoxide rings is 2. The molecule has 4 heteroatoms. The Labute approximate surface area is 144 Å². The van der Waals surface area contributed by atoms with Crippen molar-refractivity contribution in [3.8, 4) is 0 Å². The highest BCUT2D eigenvalue weighted by Gasteiger charge is 2.69. The molecule has 3 fully saturated rings. The van der Waals surface area contributed by atoms with E-state index in [0.717, 1.165) is 38.5 Å². The minimum absolute atomic E-state index is 0.0436. The van der Waals surface area contributed by atoms with Gasteiger partial charge in [0.15, 0.2) is 5.60 Å².